The van der Waals surface area contributed by atoms with Crippen LogP contribution in [0.3, 0.4) is 0 Å². The number of carbonyl (C=O) groups excluding carboxylic acids is 1. The maximum atomic E-state index is 12.4. The number of methoxy groups -OCH3 is 2. The molecule has 0 fully saturated rings. The van der Waals surface area contributed by atoms with Crippen LogP contribution in [0.4, 0.5) is 0 Å². The summed E-state index contributed by atoms with van der Waals surface area (Å²) in [6.45, 7) is 1.18. The predicted octanol–water partition coefficient (Wildman–Crippen LogP) is 3.20. The van der Waals surface area contributed by atoms with Gasteiger partial charge in [-0.05, 0) is 55.5 Å². The van der Waals surface area contributed by atoms with Gasteiger partial charge in [0, 0.05) is 24.0 Å². The minimum atomic E-state index is -0.0295. The fourth-order valence-electron chi connectivity index (χ4n) is 4.10. The van der Waals surface area contributed by atoms with Crippen LogP contribution in [-0.2, 0) is 30.6 Å². The average molecular weight is 421 g/mol. The summed E-state index contributed by atoms with van der Waals surface area (Å²) in [4.78, 5) is 16.9. The number of amides is 1. The van der Waals surface area contributed by atoms with Crippen LogP contribution < -0.4 is 14.8 Å². The van der Waals surface area contributed by atoms with Crippen LogP contribution in [0.2, 0.25) is 0 Å². The summed E-state index contributed by atoms with van der Waals surface area (Å²) in [5, 5.41) is 7.87. The number of ether oxygens (including phenoxy) is 2. The SMILES string of the molecule is COc1ccc(CC(=O)NCCn2nc(-c3ccccn3)c3c2CCCC3)cc1OC. The molecule has 4 rings (SSSR count). The van der Waals surface area contributed by atoms with Crippen molar-refractivity contribution in [3.63, 3.8) is 0 Å². The zero-order chi connectivity index (χ0) is 21.6. The molecule has 1 amide bonds. The largest absolute Gasteiger partial charge is 0.493 e. The van der Waals surface area contributed by atoms with E-state index >= 15 is 0 Å². The van der Waals surface area contributed by atoms with E-state index in [4.69, 9.17) is 14.6 Å². The Morgan fingerprint density at radius 2 is 1.94 bits per heavy atom. The second-order valence-electron chi connectivity index (χ2n) is 7.64. The second-order valence-corrected chi connectivity index (χ2v) is 7.64. The van der Waals surface area contributed by atoms with E-state index in [1.165, 1.54) is 24.1 Å². The third kappa shape index (κ3) is 4.71. The summed E-state index contributed by atoms with van der Waals surface area (Å²) >= 11 is 0. The van der Waals surface area contributed by atoms with Crippen molar-refractivity contribution >= 4 is 5.91 Å². The molecule has 7 nitrogen and oxygen atoms in total. The Labute approximate surface area is 182 Å². The van der Waals surface area contributed by atoms with Crippen LogP contribution in [0.1, 0.15) is 29.7 Å². The molecule has 0 unspecified atom stereocenters. The molecule has 2 aromatic heterocycles. The minimum Gasteiger partial charge on any atom is -0.493 e. The maximum absolute atomic E-state index is 12.4. The zero-order valence-corrected chi connectivity index (χ0v) is 18.1. The Bertz CT molecular complexity index is 1050. The van der Waals surface area contributed by atoms with Gasteiger partial charge in [-0.1, -0.05) is 12.1 Å². The molecule has 162 valence electrons. The number of pyridine rings is 1. The molecule has 0 saturated heterocycles. The quantitative estimate of drug-likeness (QED) is 0.606. The molecule has 0 bridgehead atoms. The first-order chi connectivity index (χ1) is 15.2. The van der Waals surface area contributed by atoms with Crippen LogP contribution in [0.5, 0.6) is 11.5 Å². The topological polar surface area (TPSA) is 78.3 Å². The highest BCUT2D eigenvalue weighted by molar-refractivity contribution is 5.78. The third-order valence-corrected chi connectivity index (χ3v) is 5.62. The van der Waals surface area contributed by atoms with E-state index in [1.807, 2.05) is 36.4 Å². The van der Waals surface area contributed by atoms with Crippen molar-refractivity contribution in [1.82, 2.24) is 20.1 Å². The molecule has 3 aromatic rings. The number of hydrogen-bond acceptors (Lipinski definition) is 5. The lowest BCUT2D eigenvalue weighted by molar-refractivity contribution is -0.120. The van der Waals surface area contributed by atoms with Gasteiger partial charge in [0.2, 0.25) is 5.91 Å². The highest BCUT2D eigenvalue weighted by Gasteiger charge is 2.22. The first-order valence-electron chi connectivity index (χ1n) is 10.7. The Morgan fingerprint density at radius 1 is 1.10 bits per heavy atom. The van der Waals surface area contributed by atoms with Crippen molar-refractivity contribution in [3.05, 3.63) is 59.4 Å². The van der Waals surface area contributed by atoms with Gasteiger partial charge in [-0.25, -0.2) is 0 Å². The number of rotatable bonds is 8. The van der Waals surface area contributed by atoms with Gasteiger partial charge in [0.1, 0.15) is 5.69 Å². The Balaban J connectivity index is 1.40. The predicted molar refractivity (Wildman–Crippen MR) is 118 cm³/mol. The fraction of sp³-hybridized carbons (Fsp3) is 0.375. The first kappa shape index (κ1) is 20.9. The van der Waals surface area contributed by atoms with Crippen molar-refractivity contribution in [3.8, 4) is 22.9 Å². The van der Waals surface area contributed by atoms with E-state index in [1.54, 1.807) is 20.4 Å². The number of benzene rings is 1. The molecule has 0 aliphatic heterocycles. The maximum Gasteiger partial charge on any atom is 0.224 e. The summed E-state index contributed by atoms with van der Waals surface area (Å²) in [6.07, 6.45) is 6.50. The molecular weight excluding hydrogens is 392 g/mol. The van der Waals surface area contributed by atoms with Crippen molar-refractivity contribution in [1.29, 1.82) is 0 Å². The molecule has 0 radical (unpaired) electrons. The van der Waals surface area contributed by atoms with E-state index < -0.39 is 0 Å². The molecule has 31 heavy (non-hydrogen) atoms. The lowest BCUT2D eigenvalue weighted by Gasteiger charge is -2.14. The lowest BCUT2D eigenvalue weighted by atomic mass is 9.95. The van der Waals surface area contributed by atoms with E-state index in [0.29, 0.717) is 24.6 Å². The number of hydrogen-bond donors (Lipinski definition) is 1. The molecule has 1 N–H and O–H groups in total. The van der Waals surface area contributed by atoms with Gasteiger partial charge in [0.15, 0.2) is 11.5 Å². The van der Waals surface area contributed by atoms with Crippen molar-refractivity contribution in [2.24, 2.45) is 0 Å². The van der Waals surface area contributed by atoms with E-state index in [2.05, 4.69) is 15.0 Å². The molecule has 0 spiro atoms. The van der Waals surface area contributed by atoms with Crippen LogP contribution in [0.15, 0.2) is 42.6 Å². The van der Waals surface area contributed by atoms with Crippen LogP contribution in [0, 0.1) is 0 Å². The fourth-order valence-corrected chi connectivity index (χ4v) is 4.10. The van der Waals surface area contributed by atoms with Gasteiger partial charge in [0.25, 0.3) is 0 Å². The smallest absolute Gasteiger partial charge is 0.224 e. The zero-order valence-electron chi connectivity index (χ0n) is 18.1. The van der Waals surface area contributed by atoms with Crippen molar-refractivity contribution in [2.75, 3.05) is 20.8 Å². The van der Waals surface area contributed by atoms with Gasteiger partial charge in [-0.15, -0.1) is 0 Å². The molecule has 1 aliphatic carbocycles. The normalized spacial score (nSPS) is 12.8. The van der Waals surface area contributed by atoms with E-state index in [9.17, 15) is 4.79 Å². The Morgan fingerprint density at radius 3 is 2.71 bits per heavy atom. The molecule has 1 aromatic carbocycles. The van der Waals surface area contributed by atoms with Gasteiger partial charge in [-0.3, -0.25) is 14.5 Å². The number of nitrogens with one attached hydrogen (secondary N) is 1. The molecule has 7 heteroatoms. The van der Waals surface area contributed by atoms with Crippen LogP contribution >= 0.6 is 0 Å². The molecule has 0 atom stereocenters. The van der Waals surface area contributed by atoms with Crippen molar-refractivity contribution < 1.29 is 14.3 Å². The summed E-state index contributed by atoms with van der Waals surface area (Å²) in [7, 11) is 3.18. The number of carbonyl (C=O) groups is 1. The van der Waals surface area contributed by atoms with Gasteiger partial charge < -0.3 is 14.8 Å². The molecule has 0 saturated carbocycles. The number of fused-ring (bicyclic) bond motifs is 1. The highest BCUT2D eigenvalue weighted by atomic mass is 16.5. The van der Waals surface area contributed by atoms with E-state index in [0.717, 1.165) is 29.8 Å². The minimum absolute atomic E-state index is 0.0295. The molecule has 1 aliphatic rings. The lowest BCUT2D eigenvalue weighted by Crippen LogP contribution is -2.29. The summed E-state index contributed by atoms with van der Waals surface area (Å²) in [5.74, 6) is 1.25. The van der Waals surface area contributed by atoms with Gasteiger partial charge in [0.05, 0.1) is 32.9 Å². The van der Waals surface area contributed by atoms with E-state index in [-0.39, 0.29) is 12.3 Å². The summed E-state index contributed by atoms with van der Waals surface area (Å²) in [5.41, 5.74) is 5.36. The monoisotopic (exact) mass is 420 g/mol. The second kappa shape index (κ2) is 9.64. The summed E-state index contributed by atoms with van der Waals surface area (Å²) < 4.78 is 12.6. The standard InChI is InChI=1S/C24H28N4O3/c1-30-21-11-10-17(15-22(21)31-2)16-23(29)26-13-14-28-20-9-4-3-7-18(20)24(27-28)19-8-5-6-12-25-19/h5-6,8,10-12,15H,3-4,7,9,13-14,16H2,1-2H3,(H,26,29). The molecular formula is C24H28N4O3. The average Bonchev–Trinajstić information content (AvgIpc) is 3.18. The van der Waals surface area contributed by atoms with Crippen molar-refractivity contribution in [2.45, 2.75) is 38.6 Å². The van der Waals surface area contributed by atoms with Gasteiger partial charge >= 0.3 is 0 Å². The Hall–Kier alpha value is -3.35. The number of nitrogens with zero attached hydrogens (tertiary/aromatic N) is 3. The highest BCUT2D eigenvalue weighted by Crippen LogP contribution is 2.30. The first-order valence-corrected chi connectivity index (χ1v) is 10.7. The third-order valence-electron chi connectivity index (χ3n) is 5.62. The van der Waals surface area contributed by atoms with Crippen LogP contribution in [0.25, 0.3) is 11.4 Å². The van der Waals surface area contributed by atoms with Crippen LogP contribution in [-0.4, -0.2) is 41.4 Å². The van der Waals surface area contributed by atoms with Gasteiger partial charge in [-0.2, -0.15) is 5.10 Å². The number of aromatic nitrogens is 3. The summed E-state index contributed by atoms with van der Waals surface area (Å²) in [6, 6.07) is 11.4. The Kier molecular flexibility index (Phi) is 6.50. The molecule has 2 heterocycles.